The van der Waals surface area contributed by atoms with Gasteiger partial charge in [0.2, 0.25) is 0 Å². The van der Waals surface area contributed by atoms with E-state index in [0.29, 0.717) is 17.8 Å². The third kappa shape index (κ3) is 2.87. The second-order valence-corrected chi connectivity index (χ2v) is 4.35. The highest BCUT2D eigenvalue weighted by atomic mass is 16.5. The maximum atomic E-state index is 11.1. The van der Waals surface area contributed by atoms with Crippen LogP contribution in [-0.4, -0.2) is 22.8 Å². The molecule has 1 N–H and O–H groups in total. The number of nitrogens with zero attached hydrogens (tertiary/aromatic N) is 2. The van der Waals surface area contributed by atoms with Gasteiger partial charge in [0.15, 0.2) is 0 Å². The molecule has 0 amide bonds. The Labute approximate surface area is 116 Å². The SMILES string of the molecule is COCc1c(C(=O)O)ccn1Cc1ccc(C#N)cc1. The highest BCUT2D eigenvalue weighted by molar-refractivity contribution is 5.89. The van der Waals surface area contributed by atoms with E-state index in [-0.39, 0.29) is 12.2 Å². The van der Waals surface area contributed by atoms with Crippen LogP contribution in [0.25, 0.3) is 0 Å². The first-order chi connectivity index (χ1) is 9.65. The van der Waals surface area contributed by atoms with Gasteiger partial charge < -0.3 is 14.4 Å². The summed E-state index contributed by atoms with van der Waals surface area (Å²) in [4.78, 5) is 11.1. The van der Waals surface area contributed by atoms with Crippen LogP contribution in [0.15, 0.2) is 36.5 Å². The van der Waals surface area contributed by atoms with Crippen molar-refractivity contribution >= 4 is 5.97 Å². The van der Waals surface area contributed by atoms with E-state index in [1.807, 2.05) is 16.7 Å². The molecular formula is C15H14N2O3. The number of methoxy groups -OCH3 is 1. The van der Waals surface area contributed by atoms with Gasteiger partial charge in [0.05, 0.1) is 29.5 Å². The van der Waals surface area contributed by atoms with Crippen molar-refractivity contribution in [1.82, 2.24) is 4.57 Å². The number of hydrogen-bond acceptors (Lipinski definition) is 3. The molecule has 5 heteroatoms. The molecule has 0 radical (unpaired) electrons. The highest BCUT2D eigenvalue weighted by Crippen LogP contribution is 2.15. The summed E-state index contributed by atoms with van der Waals surface area (Å²) >= 11 is 0. The van der Waals surface area contributed by atoms with E-state index in [2.05, 4.69) is 6.07 Å². The molecule has 1 heterocycles. The summed E-state index contributed by atoms with van der Waals surface area (Å²) in [6, 6.07) is 10.8. The maximum absolute atomic E-state index is 11.1. The zero-order valence-corrected chi connectivity index (χ0v) is 11.0. The minimum absolute atomic E-state index is 0.241. The van der Waals surface area contributed by atoms with Gasteiger partial charge in [-0.3, -0.25) is 0 Å². The Kier molecular flexibility index (Phi) is 4.18. The van der Waals surface area contributed by atoms with Crippen LogP contribution in [0, 0.1) is 11.3 Å². The van der Waals surface area contributed by atoms with Gasteiger partial charge in [0.25, 0.3) is 0 Å². The predicted octanol–water partition coefficient (Wildman–Crippen LogP) is 2.25. The van der Waals surface area contributed by atoms with E-state index >= 15 is 0 Å². The van der Waals surface area contributed by atoms with Gasteiger partial charge >= 0.3 is 5.97 Å². The fourth-order valence-electron chi connectivity index (χ4n) is 2.03. The summed E-state index contributed by atoms with van der Waals surface area (Å²) in [5.41, 5.74) is 2.48. The molecule has 0 spiro atoms. The van der Waals surface area contributed by atoms with Crippen molar-refractivity contribution in [2.24, 2.45) is 0 Å². The smallest absolute Gasteiger partial charge is 0.337 e. The van der Waals surface area contributed by atoms with Crippen molar-refractivity contribution in [3.63, 3.8) is 0 Å². The normalized spacial score (nSPS) is 10.2. The van der Waals surface area contributed by atoms with Crippen LogP contribution in [0.2, 0.25) is 0 Å². The summed E-state index contributed by atoms with van der Waals surface area (Å²) in [7, 11) is 1.53. The molecule has 0 saturated carbocycles. The number of carboxylic acids is 1. The Morgan fingerprint density at radius 3 is 2.60 bits per heavy atom. The van der Waals surface area contributed by atoms with Crippen LogP contribution >= 0.6 is 0 Å². The van der Waals surface area contributed by atoms with Gasteiger partial charge in [0.1, 0.15) is 0 Å². The van der Waals surface area contributed by atoms with Crippen molar-refractivity contribution in [3.05, 3.63) is 58.9 Å². The first-order valence-electron chi connectivity index (χ1n) is 6.05. The molecule has 20 heavy (non-hydrogen) atoms. The third-order valence-corrected chi connectivity index (χ3v) is 3.03. The number of carboxylic acid groups (broad SMARTS) is 1. The van der Waals surface area contributed by atoms with E-state index in [1.165, 1.54) is 7.11 Å². The Bertz CT molecular complexity index is 651. The minimum atomic E-state index is -0.962. The molecular weight excluding hydrogens is 256 g/mol. The van der Waals surface area contributed by atoms with Crippen LogP contribution in [0.3, 0.4) is 0 Å². The number of rotatable bonds is 5. The summed E-state index contributed by atoms with van der Waals surface area (Å²) in [5.74, 6) is -0.962. The Morgan fingerprint density at radius 2 is 2.05 bits per heavy atom. The van der Waals surface area contributed by atoms with Gasteiger partial charge in [-0.15, -0.1) is 0 Å². The number of ether oxygens (including phenoxy) is 1. The zero-order chi connectivity index (χ0) is 14.5. The number of aromatic nitrogens is 1. The quantitative estimate of drug-likeness (QED) is 0.904. The Morgan fingerprint density at radius 1 is 1.35 bits per heavy atom. The standard InChI is InChI=1S/C15H14N2O3/c1-20-10-14-13(15(18)19)6-7-17(14)9-12-4-2-11(8-16)3-5-12/h2-7H,9-10H2,1H3,(H,18,19). The second-order valence-electron chi connectivity index (χ2n) is 4.35. The molecule has 0 aliphatic heterocycles. The van der Waals surface area contributed by atoms with Crippen molar-refractivity contribution < 1.29 is 14.6 Å². The Hall–Kier alpha value is -2.58. The predicted molar refractivity (Wildman–Crippen MR) is 72.4 cm³/mol. The van der Waals surface area contributed by atoms with Crippen LogP contribution in [-0.2, 0) is 17.9 Å². The molecule has 0 aliphatic carbocycles. The van der Waals surface area contributed by atoms with Gasteiger partial charge in [-0.05, 0) is 23.8 Å². The van der Waals surface area contributed by atoms with E-state index in [0.717, 1.165) is 5.56 Å². The van der Waals surface area contributed by atoms with Gasteiger partial charge in [-0.2, -0.15) is 5.26 Å². The highest BCUT2D eigenvalue weighted by Gasteiger charge is 2.14. The molecule has 0 aliphatic rings. The lowest BCUT2D eigenvalue weighted by Crippen LogP contribution is -2.08. The van der Waals surface area contributed by atoms with Crippen molar-refractivity contribution in [1.29, 1.82) is 5.26 Å². The number of aromatic carboxylic acids is 1. The third-order valence-electron chi connectivity index (χ3n) is 3.03. The molecule has 0 bridgehead atoms. The second kappa shape index (κ2) is 6.04. The number of hydrogen-bond donors (Lipinski definition) is 1. The number of nitriles is 1. The molecule has 1 aromatic carbocycles. The molecule has 0 saturated heterocycles. The topological polar surface area (TPSA) is 75.2 Å². The average Bonchev–Trinajstić information content (AvgIpc) is 2.83. The number of carbonyl (C=O) groups is 1. The maximum Gasteiger partial charge on any atom is 0.337 e. The van der Waals surface area contributed by atoms with E-state index in [4.69, 9.17) is 15.1 Å². The van der Waals surface area contributed by atoms with Crippen molar-refractivity contribution in [3.8, 4) is 6.07 Å². The summed E-state index contributed by atoms with van der Waals surface area (Å²) in [6.07, 6.45) is 1.73. The molecule has 2 aromatic rings. The zero-order valence-electron chi connectivity index (χ0n) is 11.0. The average molecular weight is 270 g/mol. The summed E-state index contributed by atoms with van der Waals surface area (Å²) in [6.45, 7) is 0.780. The van der Waals surface area contributed by atoms with Crippen LogP contribution in [0.1, 0.15) is 27.2 Å². The first-order valence-corrected chi connectivity index (χ1v) is 6.05. The lowest BCUT2D eigenvalue weighted by atomic mass is 10.1. The largest absolute Gasteiger partial charge is 0.478 e. The molecule has 1 aromatic heterocycles. The fourth-order valence-corrected chi connectivity index (χ4v) is 2.03. The summed E-state index contributed by atoms with van der Waals surface area (Å²) in [5, 5.41) is 17.9. The van der Waals surface area contributed by atoms with E-state index in [1.54, 1.807) is 24.4 Å². The molecule has 5 nitrogen and oxygen atoms in total. The minimum Gasteiger partial charge on any atom is -0.478 e. The van der Waals surface area contributed by atoms with E-state index < -0.39 is 5.97 Å². The van der Waals surface area contributed by atoms with Crippen LogP contribution < -0.4 is 0 Å². The molecule has 102 valence electrons. The Balaban J connectivity index is 2.28. The van der Waals surface area contributed by atoms with Crippen LogP contribution in [0.5, 0.6) is 0 Å². The van der Waals surface area contributed by atoms with Crippen LogP contribution in [0.4, 0.5) is 0 Å². The van der Waals surface area contributed by atoms with Crippen molar-refractivity contribution in [2.45, 2.75) is 13.2 Å². The number of benzene rings is 1. The lowest BCUT2D eigenvalue weighted by Gasteiger charge is -2.10. The first kappa shape index (κ1) is 13.8. The van der Waals surface area contributed by atoms with E-state index in [9.17, 15) is 4.79 Å². The molecule has 0 unspecified atom stereocenters. The van der Waals surface area contributed by atoms with Gasteiger partial charge in [-0.25, -0.2) is 4.79 Å². The van der Waals surface area contributed by atoms with Gasteiger partial charge in [0, 0.05) is 19.9 Å². The summed E-state index contributed by atoms with van der Waals surface area (Å²) < 4.78 is 6.91. The van der Waals surface area contributed by atoms with Crippen molar-refractivity contribution in [2.75, 3.05) is 7.11 Å². The molecule has 0 fully saturated rings. The molecule has 2 rings (SSSR count). The lowest BCUT2D eigenvalue weighted by molar-refractivity contribution is 0.0691. The fraction of sp³-hybridized carbons (Fsp3) is 0.200. The van der Waals surface area contributed by atoms with Gasteiger partial charge in [-0.1, -0.05) is 12.1 Å². The molecule has 0 atom stereocenters. The monoisotopic (exact) mass is 270 g/mol.